The minimum Gasteiger partial charge on any atom is -0.550 e. The summed E-state index contributed by atoms with van der Waals surface area (Å²) in [5.74, 6) is -2.80. The molecule has 0 unspecified atom stereocenters. The Morgan fingerprint density at radius 3 is 1.73 bits per heavy atom. The Bertz CT molecular complexity index is 1710. The average molecular weight is 756 g/mol. The number of aryl methyl sites for hydroxylation is 2. The molecule has 2 heterocycles. The van der Waals surface area contributed by atoms with Crippen molar-refractivity contribution in [1.29, 1.82) is 0 Å². The number of rotatable bonds is 18. The highest BCUT2D eigenvalue weighted by Gasteiger charge is 2.32. The van der Waals surface area contributed by atoms with Crippen LogP contribution in [0.5, 0.6) is 0 Å². The number of halogens is 4. The molecule has 0 aliphatic carbocycles. The number of hydrogen-bond donors (Lipinski definition) is 3. The summed E-state index contributed by atoms with van der Waals surface area (Å²) < 4.78 is 3.81. The molecular formula is C33H34Cl4N4O8. The van der Waals surface area contributed by atoms with Gasteiger partial charge in [-0.05, 0) is 50.3 Å². The smallest absolute Gasteiger partial charge is 0.303 e. The van der Waals surface area contributed by atoms with Gasteiger partial charge in [0.1, 0.15) is 5.82 Å². The minimum atomic E-state index is -1.19. The maximum absolute atomic E-state index is 11.4. The SMILES string of the molecule is O=C([O-])CCCN1/C(=C\C=C\c2n(CCCC(=O)O)c3cc(Cl)c(Cl)cc3[n+]2CCCC(=O)O)N(CCCC(=O)O)c2cc(Cl)c(Cl)cc21. The highest BCUT2D eigenvalue weighted by molar-refractivity contribution is 6.43. The predicted octanol–water partition coefficient (Wildman–Crippen LogP) is 5.85. The van der Waals surface area contributed by atoms with Crippen LogP contribution in [-0.4, -0.2) is 56.9 Å². The van der Waals surface area contributed by atoms with Crippen LogP contribution in [0.3, 0.4) is 0 Å². The van der Waals surface area contributed by atoms with Gasteiger partial charge in [0.15, 0.2) is 11.0 Å². The number of carboxylic acids is 4. The standard InChI is InChI=1S/C33H34Cl4N4O8/c34-20-16-24-25(17-21(20)35)39(13-3-9-31(44)45)28(38(24)12-2-8-30(42)43)6-1-7-29-40(14-4-10-32(46)47)26-18-22(36)23(37)19-27(26)41(29)15-5-11-33(48)49/h1,6-7,16-19H,2-5,8-15H2,(H3-,42,43,44,45,46,47,48,49). The Morgan fingerprint density at radius 1 is 0.694 bits per heavy atom. The van der Waals surface area contributed by atoms with Gasteiger partial charge in [0.25, 0.3) is 5.82 Å². The molecule has 0 fully saturated rings. The lowest BCUT2D eigenvalue weighted by Crippen LogP contribution is -2.37. The van der Waals surface area contributed by atoms with Crippen LogP contribution in [0.2, 0.25) is 20.1 Å². The van der Waals surface area contributed by atoms with Crippen LogP contribution in [0.15, 0.2) is 42.2 Å². The lowest BCUT2D eigenvalue weighted by atomic mass is 10.2. The van der Waals surface area contributed by atoms with Crippen molar-refractivity contribution in [2.75, 3.05) is 22.9 Å². The molecule has 3 N–H and O–H groups in total. The van der Waals surface area contributed by atoms with E-state index >= 15 is 0 Å². The fourth-order valence-electron chi connectivity index (χ4n) is 5.77. The summed E-state index contributed by atoms with van der Waals surface area (Å²) in [6.07, 6.45) is 6.07. The summed E-state index contributed by atoms with van der Waals surface area (Å²) in [7, 11) is 0. The van der Waals surface area contributed by atoms with Gasteiger partial charge in [-0.3, -0.25) is 14.4 Å². The molecule has 0 spiro atoms. The van der Waals surface area contributed by atoms with E-state index in [1.807, 2.05) is 18.9 Å². The number of fused-ring (bicyclic) bond motifs is 2. The van der Waals surface area contributed by atoms with E-state index in [1.54, 1.807) is 42.5 Å². The second kappa shape index (κ2) is 17.1. The van der Waals surface area contributed by atoms with Gasteiger partial charge in [0.05, 0.1) is 44.6 Å². The Labute approximate surface area is 301 Å². The number of carboxylic acid groups (broad SMARTS) is 4. The number of benzene rings is 2. The number of carbonyl (C=O) groups excluding carboxylic acids is 1. The van der Waals surface area contributed by atoms with E-state index in [-0.39, 0.29) is 43.7 Å². The molecule has 3 aromatic rings. The molecule has 0 atom stereocenters. The number of anilines is 2. The number of nitrogens with zero attached hydrogens (tertiary/aromatic N) is 4. The maximum Gasteiger partial charge on any atom is 0.303 e. The minimum absolute atomic E-state index is 0.0806. The molecule has 0 saturated heterocycles. The molecule has 1 aromatic heterocycles. The molecule has 0 saturated carbocycles. The van der Waals surface area contributed by atoms with Crippen molar-refractivity contribution in [3.63, 3.8) is 0 Å². The Morgan fingerprint density at radius 2 is 1.18 bits per heavy atom. The monoisotopic (exact) mass is 754 g/mol. The van der Waals surface area contributed by atoms with E-state index in [2.05, 4.69) is 0 Å². The van der Waals surface area contributed by atoms with Crippen molar-refractivity contribution in [3.8, 4) is 0 Å². The van der Waals surface area contributed by atoms with Gasteiger partial charge in [0, 0.05) is 56.5 Å². The fraction of sp³-hybridized carbons (Fsp3) is 0.364. The first kappa shape index (κ1) is 37.8. The number of imidazole rings is 1. The summed E-state index contributed by atoms with van der Waals surface area (Å²) in [5.41, 5.74) is 2.69. The highest BCUT2D eigenvalue weighted by atomic mass is 35.5. The molecule has 4 rings (SSSR count). The van der Waals surface area contributed by atoms with Gasteiger partial charge in [-0.1, -0.05) is 52.5 Å². The second-order valence-electron chi connectivity index (χ2n) is 11.3. The largest absolute Gasteiger partial charge is 0.550 e. The molecule has 1 aliphatic heterocycles. The Balaban J connectivity index is 1.85. The topological polar surface area (TPSA) is 167 Å². The molecule has 0 amide bonds. The van der Waals surface area contributed by atoms with Crippen LogP contribution in [-0.2, 0) is 32.3 Å². The zero-order valence-electron chi connectivity index (χ0n) is 26.2. The molecule has 262 valence electrons. The van der Waals surface area contributed by atoms with Crippen molar-refractivity contribution in [2.24, 2.45) is 0 Å². The van der Waals surface area contributed by atoms with E-state index in [1.165, 1.54) is 0 Å². The lowest BCUT2D eigenvalue weighted by molar-refractivity contribution is -0.674. The maximum atomic E-state index is 11.4. The number of aromatic nitrogens is 2. The van der Waals surface area contributed by atoms with Gasteiger partial charge >= 0.3 is 17.9 Å². The van der Waals surface area contributed by atoms with Gasteiger partial charge in [-0.25, -0.2) is 9.13 Å². The van der Waals surface area contributed by atoms with E-state index in [0.717, 1.165) is 0 Å². The van der Waals surface area contributed by atoms with Crippen LogP contribution in [0.4, 0.5) is 11.4 Å². The van der Waals surface area contributed by atoms with Crippen LogP contribution >= 0.6 is 46.4 Å². The number of allylic oxidation sites excluding steroid dienone is 2. The van der Waals surface area contributed by atoms with Crippen LogP contribution in [0.1, 0.15) is 57.2 Å². The van der Waals surface area contributed by atoms with E-state index in [9.17, 15) is 39.6 Å². The molecule has 0 radical (unpaired) electrons. The summed E-state index contributed by atoms with van der Waals surface area (Å²) >= 11 is 25.6. The van der Waals surface area contributed by atoms with Gasteiger partial charge < -0.3 is 35.0 Å². The summed E-state index contributed by atoms with van der Waals surface area (Å²) in [4.78, 5) is 49.1. The molecule has 0 bridgehead atoms. The van der Waals surface area contributed by atoms with E-state index < -0.39 is 23.9 Å². The van der Waals surface area contributed by atoms with Gasteiger partial charge in [-0.2, -0.15) is 0 Å². The van der Waals surface area contributed by atoms with Crippen molar-refractivity contribution in [3.05, 3.63) is 68.2 Å². The zero-order valence-corrected chi connectivity index (χ0v) is 29.2. The van der Waals surface area contributed by atoms with Crippen LogP contribution < -0.4 is 19.5 Å². The number of hydrogen-bond acceptors (Lipinski definition) is 7. The molecular weight excluding hydrogens is 722 g/mol. The molecule has 49 heavy (non-hydrogen) atoms. The average Bonchev–Trinajstić information content (AvgIpc) is 3.43. The third-order valence-corrected chi connectivity index (χ3v) is 9.32. The quantitative estimate of drug-likeness (QED) is 0.134. The fourth-order valence-corrected chi connectivity index (χ4v) is 6.40. The first-order valence-electron chi connectivity index (χ1n) is 15.5. The van der Waals surface area contributed by atoms with Crippen molar-refractivity contribution >= 4 is 98.8 Å². The highest BCUT2D eigenvalue weighted by Crippen LogP contribution is 2.46. The first-order chi connectivity index (χ1) is 23.3. The summed E-state index contributed by atoms with van der Waals surface area (Å²) in [5, 5.41) is 40.4. The molecule has 1 aliphatic rings. The normalized spacial score (nSPS) is 13.6. The molecule has 12 nitrogen and oxygen atoms in total. The van der Waals surface area contributed by atoms with Gasteiger partial charge in [-0.15, -0.1) is 0 Å². The van der Waals surface area contributed by atoms with Crippen molar-refractivity contribution in [1.82, 2.24) is 4.57 Å². The number of aliphatic carboxylic acids is 4. The Kier molecular flexibility index (Phi) is 13.2. The lowest BCUT2D eigenvalue weighted by Gasteiger charge is -2.25. The first-order valence-corrected chi connectivity index (χ1v) is 17.0. The van der Waals surface area contributed by atoms with Crippen molar-refractivity contribution < 1.29 is 44.2 Å². The Hall–Kier alpha value is -3.97. The van der Waals surface area contributed by atoms with Crippen LogP contribution in [0.25, 0.3) is 17.1 Å². The molecule has 16 heteroatoms. The van der Waals surface area contributed by atoms with Crippen molar-refractivity contribution in [2.45, 2.75) is 64.5 Å². The zero-order chi connectivity index (χ0) is 35.8. The third kappa shape index (κ3) is 9.60. The second-order valence-corrected chi connectivity index (χ2v) is 13.0. The molecule has 2 aromatic carbocycles. The van der Waals surface area contributed by atoms with Crippen LogP contribution in [0, 0.1) is 0 Å². The summed E-state index contributed by atoms with van der Waals surface area (Å²) in [6, 6.07) is 6.74. The van der Waals surface area contributed by atoms with E-state index in [0.29, 0.717) is 88.0 Å². The van der Waals surface area contributed by atoms with E-state index in [4.69, 9.17) is 46.4 Å². The third-order valence-electron chi connectivity index (χ3n) is 7.87. The number of carbonyl (C=O) groups is 4. The van der Waals surface area contributed by atoms with Gasteiger partial charge in [0.2, 0.25) is 0 Å². The predicted molar refractivity (Wildman–Crippen MR) is 185 cm³/mol. The summed E-state index contributed by atoms with van der Waals surface area (Å²) in [6.45, 7) is 1.19.